The molecule has 0 fully saturated rings. The summed E-state index contributed by atoms with van der Waals surface area (Å²) in [5, 5.41) is 3.84. The zero-order chi connectivity index (χ0) is 17.2. The van der Waals surface area contributed by atoms with E-state index in [9.17, 15) is 4.79 Å². The molecule has 4 heteroatoms. The molecule has 0 aliphatic rings. The van der Waals surface area contributed by atoms with Crippen molar-refractivity contribution in [2.75, 3.05) is 5.32 Å². The van der Waals surface area contributed by atoms with Gasteiger partial charge in [-0.05, 0) is 45.0 Å². The molecule has 0 saturated carbocycles. The summed E-state index contributed by atoms with van der Waals surface area (Å²) in [6.07, 6.45) is -0.459. The summed E-state index contributed by atoms with van der Waals surface area (Å²) in [5.41, 5.74) is 3.03. The highest BCUT2D eigenvalue weighted by molar-refractivity contribution is 5.86. The number of aromatic nitrogens is 1. The first-order valence-electron chi connectivity index (χ1n) is 7.87. The molecule has 3 aromatic rings. The van der Waals surface area contributed by atoms with Gasteiger partial charge in [0.05, 0.1) is 11.2 Å². The van der Waals surface area contributed by atoms with Gasteiger partial charge in [-0.25, -0.2) is 9.78 Å². The topological polar surface area (TPSA) is 51.2 Å². The summed E-state index contributed by atoms with van der Waals surface area (Å²) in [6.45, 7) is 5.50. The molecule has 24 heavy (non-hydrogen) atoms. The van der Waals surface area contributed by atoms with E-state index in [4.69, 9.17) is 4.74 Å². The van der Waals surface area contributed by atoms with Gasteiger partial charge >= 0.3 is 6.09 Å². The fourth-order valence-electron chi connectivity index (χ4n) is 2.37. The Morgan fingerprint density at radius 3 is 2.38 bits per heavy atom. The quantitative estimate of drug-likeness (QED) is 0.701. The Hall–Kier alpha value is -2.88. The maximum absolute atomic E-state index is 11.8. The van der Waals surface area contributed by atoms with Crippen molar-refractivity contribution in [1.82, 2.24) is 4.98 Å². The first-order valence-corrected chi connectivity index (χ1v) is 7.87. The van der Waals surface area contributed by atoms with Gasteiger partial charge in [0, 0.05) is 16.6 Å². The Kier molecular flexibility index (Phi) is 4.21. The molecule has 0 spiro atoms. The maximum Gasteiger partial charge on any atom is 0.412 e. The van der Waals surface area contributed by atoms with E-state index in [0.29, 0.717) is 5.69 Å². The molecule has 4 nitrogen and oxygen atoms in total. The van der Waals surface area contributed by atoms with Crippen molar-refractivity contribution in [3.05, 3.63) is 60.7 Å². The average molecular weight is 320 g/mol. The second kappa shape index (κ2) is 6.32. The summed E-state index contributed by atoms with van der Waals surface area (Å²) < 4.78 is 5.24. The minimum Gasteiger partial charge on any atom is -0.444 e. The van der Waals surface area contributed by atoms with Crippen molar-refractivity contribution in [2.24, 2.45) is 0 Å². The lowest BCUT2D eigenvalue weighted by Crippen LogP contribution is -2.27. The van der Waals surface area contributed by atoms with Gasteiger partial charge in [-0.2, -0.15) is 0 Å². The SMILES string of the molecule is CC(C)(C)OC(=O)Nc1ccc(-c2ccc3ccccc3n2)cc1. The second-order valence-corrected chi connectivity index (χ2v) is 6.59. The van der Waals surface area contributed by atoms with Crippen LogP contribution >= 0.6 is 0 Å². The number of carbonyl (C=O) groups is 1. The molecular formula is C20H20N2O2. The van der Waals surface area contributed by atoms with Gasteiger partial charge in [0.1, 0.15) is 5.60 Å². The molecule has 1 aromatic heterocycles. The predicted molar refractivity (Wildman–Crippen MR) is 97.0 cm³/mol. The number of nitrogens with zero attached hydrogens (tertiary/aromatic N) is 1. The van der Waals surface area contributed by atoms with Crippen LogP contribution in [0.2, 0.25) is 0 Å². The molecule has 1 N–H and O–H groups in total. The highest BCUT2D eigenvalue weighted by atomic mass is 16.6. The van der Waals surface area contributed by atoms with Crippen molar-refractivity contribution < 1.29 is 9.53 Å². The fraction of sp³-hybridized carbons (Fsp3) is 0.200. The molecule has 3 rings (SSSR count). The number of hydrogen-bond acceptors (Lipinski definition) is 3. The summed E-state index contributed by atoms with van der Waals surface area (Å²) in [5.74, 6) is 0. The van der Waals surface area contributed by atoms with E-state index in [-0.39, 0.29) is 0 Å². The van der Waals surface area contributed by atoms with Crippen LogP contribution in [0.5, 0.6) is 0 Å². The van der Waals surface area contributed by atoms with Crippen LogP contribution in [-0.4, -0.2) is 16.7 Å². The number of rotatable bonds is 2. The summed E-state index contributed by atoms with van der Waals surface area (Å²) >= 11 is 0. The number of fused-ring (bicyclic) bond motifs is 1. The lowest BCUT2D eigenvalue weighted by atomic mass is 10.1. The molecular weight excluding hydrogens is 300 g/mol. The van der Waals surface area contributed by atoms with Crippen molar-refractivity contribution in [3.8, 4) is 11.3 Å². The Labute approximate surface area is 141 Å². The van der Waals surface area contributed by atoms with E-state index in [1.807, 2.05) is 75.4 Å². The standard InChI is InChI=1S/C20H20N2O2/c1-20(2,3)24-19(23)21-16-11-8-15(9-12-16)18-13-10-14-6-4-5-7-17(14)22-18/h4-13H,1-3H3,(H,21,23). The van der Waals surface area contributed by atoms with Crippen LogP contribution < -0.4 is 5.32 Å². The second-order valence-electron chi connectivity index (χ2n) is 6.59. The minimum atomic E-state index is -0.515. The highest BCUT2D eigenvalue weighted by Gasteiger charge is 2.16. The summed E-state index contributed by atoms with van der Waals surface area (Å²) in [4.78, 5) is 16.5. The van der Waals surface area contributed by atoms with E-state index >= 15 is 0 Å². The maximum atomic E-state index is 11.8. The Morgan fingerprint density at radius 2 is 1.67 bits per heavy atom. The van der Waals surface area contributed by atoms with Gasteiger partial charge in [0.15, 0.2) is 0 Å². The fourth-order valence-corrected chi connectivity index (χ4v) is 2.37. The Balaban J connectivity index is 1.77. The van der Waals surface area contributed by atoms with Crippen LogP contribution in [0, 0.1) is 0 Å². The molecule has 2 aromatic carbocycles. The van der Waals surface area contributed by atoms with Crippen molar-refractivity contribution in [1.29, 1.82) is 0 Å². The monoisotopic (exact) mass is 320 g/mol. The molecule has 0 aliphatic carbocycles. The molecule has 122 valence electrons. The van der Waals surface area contributed by atoms with Crippen molar-refractivity contribution in [3.63, 3.8) is 0 Å². The molecule has 0 aliphatic heterocycles. The first-order chi connectivity index (χ1) is 11.4. The molecule has 1 heterocycles. The number of hydrogen-bond donors (Lipinski definition) is 1. The lowest BCUT2D eigenvalue weighted by molar-refractivity contribution is 0.0636. The molecule has 0 bridgehead atoms. The predicted octanol–water partition coefficient (Wildman–Crippen LogP) is 5.25. The van der Waals surface area contributed by atoms with Crippen molar-refractivity contribution in [2.45, 2.75) is 26.4 Å². The van der Waals surface area contributed by atoms with Gasteiger partial charge in [-0.3, -0.25) is 5.32 Å². The molecule has 0 atom stereocenters. The largest absolute Gasteiger partial charge is 0.444 e. The van der Waals surface area contributed by atoms with Gasteiger partial charge in [0.2, 0.25) is 0 Å². The summed E-state index contributed by atoms with van der Waals surface area (Å²) in [7, 11) is 0. The highest BCUT2D eigenvalue weighted by Crippen LogP contribution is 2.23. The zero-order valence-electron chi connectivity index (χ0n) is 14.0. The Morgan fingerprint density at radius 1 is 0.958 bits per heavy atom. The van der Waals surface area contributed by atoms with E-state index in [2.05, 4.69) is 16.4 Å². The molecule has 1 amide bonds. The number of amides is 1. The number of para-hydroxylation sites is 1. The van der Waals surface area contributed by atoms with E-state index in [1.54, 1.807) is 0 Å². The molecule has 0 saturated heterocycles. The average Bonchev–Trinajstić information content (AvgIpc) is 2.53. The Bertz CT molecular complexity index is 865. The van der Waals surface area contributed by atoms with Gasteiger partial charge < -0.3 is 4.74 Å². The third-order valence-electron chi connectivity index (χ3n) is 3.42. The van der Waals surface area contributed by atoms with Crippen LogP contribution in [0.4, 0.5) is 10.5 Å². The normalized spacial score (nSPS) is 11.3. The molecule has 0 radical (unpaired) electrons. The number of benzene rings is 2. The van der Waals surface area contributed by atoms with E-state index in [1.165, 1.54) is 0 Å². The lowest BCUT2D eigenvalue weighted by Gasteiger charge is -2.19. The first kappa shape index (κ1) is 16.0. The van der Waals surface area contributed by atoms with Crippen LogP contribution in [-0.2, 0) is 4.74 Å². The van der Waals surface area contributed by atoms with Gasteiger partial charge in [0.25, 0.3) is 0 Å². The van der Waals surface area contributed by atoms with Crippen LogP contribution in [0.25, 0.3) is 22.2 Å². The van der Waals surface area contributed by atoms with Crippen LogP contribution in [0.1, 0.15) is 20.8 Å². The third-order valence-corrected chi connectivity index (χ3v) is 3.42. The number of pyridine rings is 1. The van der Waals surface area contributed by atoms with Crippen LogP contribution in [0.15, 0.2) is 60.7 Å². The number of anilines is 1. The zero-order valence-corrected chi connectivity index (χ0v) is 14.0. The number of nitrogens with one attached hydrogen (secondary N) is 1. The van der Waals surface area contributed by atoms with Crippen molar-refractivity contribution >= 4 is 22.7 Å². The van der Waals surface area contributed by atoms with Gasteiger partial charge in [-0.1, -0.05) is 36.4 Å². The van der Waals surface area contributed by atoms with E-state index in [0.717, 1.165) is 22.2 Å². The minimum absolute atomic E-state index is 0.459. The third kappa shape index (κ3) is 3.90. The summed E-state index contributed by atoms with van der Waals surface area (Å²) in [6, 6.07) is 19.6. The van der Waals surface area contributed by atoms with Crippen LogP contribution in [0.3, 0.4) is 0 Å². The van der Waals surface area contributed by atoms with E-state index < -0.39 is 11.7 Å². The van der Waals surface area contributed by atoms with Gasteiger partial charge in [-0.15, -0.1) is 0 Å². The molecule has 0 unspecified atom stereocenters. The smallest absolute Gasteiger partial charge is 0.412 e. The number of carbonyl (C=O) groups excluding carboxylic acids is 1. The number of ether oxygens (including phenoxy) is 1.